The van der Waals surface area contributed by atoms with E-state index in [0.29, 0.717) is 5.75 Å². The summed E-state index contributed by atoms with van der Waals surface area (Å²) in [6, 6.07) is 15.8. The average molecular weight is 227 g/mol. The first-order chi connectivity index (χ1) is 8.15. The summed E-state index contributed by atoms with van der Waals surface area (Å²) in [6.45, 7) is 2.92. The lowest BCUT2D eigenvalue weighted by Crippen LogP contribution is -2.16. The van der Waals surface area contributed by atoms with E-state index in [0.717, 1.165) is 6.54 Å². The number of benzene rings is 2. The Morgan fingerprint density at radius 1 is 0.941 bits per heavy atom. The number of hydrogen-bond acceptors (Lipinski definition) is 2. The van der Waals surface area contributed by atoms with Crippen molar-refractivity contribution in [3.8, 4) is 5.75 Å². The SMILES string of the molecule is Cc1ccc(N(C)Cc2ccc(O)cc2)cc1. The Kier molecular flexibility index (Phi) is 3.33. The second kappa shape index (κ2) is 4.91. The summed E-state index contributed by atoms with van der Waals surface area (Å²) in [4.78, 5) is 2.19. The summed E-state index contributed by atoms with van der Waals surface area (Å²) in [5.41, 5.74) is 3.65. The van der Waals surface area contributed by atoms with Crippen molar-refractivity contribution in [1.82, 2.24) is 0 Å². The third-order valence-electron chi connectivity index (χ3n) is 2.83. The monoisotopic (exact) mass is 227 g/mol. The highest BCUT2D eigenvalue weighted by atomic mass is 16.3. The molecule has 0 fully saturated rings. The molecule has 0 aliphatic carbocycles. The second-order valence-electron chi connectivity index (χ2n) is 4.36. The summed E-state index contributed by atoms with van der Waals surface area (Å²) in [5.74, 6) is 0.312. The molecule has 2 rings (SSSR count). The quantitative estimate of drug-likeness (QED) is 0.869. The van der Waals surface area contributed by atoms with Crippen LogP contribution >= 0.6 is 0 Å². The van der Waals surface area contributed by atoms with E-state index >= 15 is 0 Å². The van der Waals surface area contributed by atoms with Gasteiger partial charge >= 0.3 is 0 Å². The molecule has 0 aliphatic rings. The first kappa shape index (κ1) is 11.5. The molecule has 2 heteroatoms. The van der Waals surface area contributed by atoms with Crippen molar-refractivity contribution >= 4 is 5.69 Å². The van der Waals surface area contributed by atoms with Crippen molar-refractivity contribution < 1.29 is 5.11 Å². The van der Waals surface area contributed by atoms with Gasteiger partial charge in [0.2, 0.25) is 0 Å². The van der Waals surface area contributed by atoms with Crippen LogP contribution in [-0.2, 0) is 6.54 Å². The van der Waals surface area contributed by atoms with Gasteiger partial charge in [-0.3, -0.25) is 0 Å². The molecule has 17 heavy (non-hydrogen) atoms. The maximum atomic E-state index is 9.22. The molecule has 0 bridgehead atoms. The molecule has 0 heterocycles. The Morgan fingerprint density at radius 3 is 2.12 bits per heavy atom. The minimum absolute atomic E-state index is 0.312. The van der Waals surface area contributed by atoms with Crippen LogP contribution in [0.1, 0.15) is 11.1 Å². The summed E-state index contributed by atoms with van der Waals surface area (Å²) >= 11 is 0. The molecule has 0 saturated carbocycles. The summed E-state index contributed by atoms with van der Waals surface area (Å²) in [5, 5.41) is 9.22. The van der Waals surface area contributed by atoms with Crippen LogP contribution in [0, 0.1) is 6.92 Å². The van der Waals surface area contributed by atoms with Crippen LogP contribution < -0.4 is 4.90 Å². The highest BCUT2D eigenvalue weighted by Gasteiger charge is 2.01. The number of hydrogen-bond donors (Lipinski definition) is 1. The van der Waals surface area contributed by atoms with Gasteiger partial charge in [-0.05, 0) is 36.8 Å². The Balaban J connectivity index is 2.08. The predicted octanol–water partition coefficient (Wildman–Crippen LogP) is 3.34. The van der Waals surface area contributed by atoms with E-state index in [-0.39, 0.29) is 0 Å². The van der Waals surface area contributed by atoms with Gasteiger partial charge in [0.15, 0.2) is 0 Å². The number of phenols is 1. The largest absolute Gasteiger partial charge is 0.508 e. The highest BCUT2D eigenvalue weighted by molar-refractivity contribution is 5.47. The molecule has 0 atom stereocenters. The Hall–Kier alpha value is -1.96. The highest BCUT2D eigenvalue weighted by Crippen LogP contribution is 2.17. The summed E-state index contributed by atoms with van der Waals surface area (Å²) in [6.07, 6.45) is 0. The molecule has 0 radical (unpaired) electrons. The molecule has 0 spiro atoms. The van der Waals surface area contributed by atoms with E-state index in [1.54, 1.807) is 12.1 Å². The number of rotatable bonds is 3. The number of anilines is 1. The molecule has 0 amide bonds. The zero-order chi connectivity index (χ0) is 12.3. The molecule has 0 aromatic heterocycles. The normalized spacial score (nSPS) is 10.2. The third kappa shape index (κ3) is 3.00. The molecular weight excluding hydrogens is 210 g/mol. The van der Waals surface area contributed by atoms with Gasteiger partial charge in [-0.1, -0.05) is 29.8 Å². The topological polar surface area (TPSA) is 23.5 Å². The maximum absolute atomic E-state index is 9.22. The van der Waals surface area contributed by atoms with Crippen molar-refractivity contribution in [2.75, 3.05) is 11.9 Å². The number of nitrogens with zero attached hydrogens (tertiary/aromatic N) is 1. The lowest BCUT2D eigenvalue weighted by atomic mass is 10.2. The molecule has 2 aromatic rings. The molecular formula is C15H17NO. The third-order valence-corrected chi connectivity index (χ3v) is 2.83. The lowest BCUT2D eigenvalue weighted by molar-refractivity contribution is 0.475. The Bertz CT molecular complexity index is 473. The smallest absolute Gasteiger partial charge is 0.115 e. The first-order valence-electron chi connectivity index (χ1n) is 5.71. The minimum atomic E-state index is 0.312. The standard InChI is InChI=1S/C15H17NO/c1-12-3-7-14(8-4-12)16(2)11-13-5-9-15(17)10-6-13/h3-10,17H,11H2,1-2H3. The number of phenolic OH excluding ortho intramolecular Hbond substituents is 1. The molecule has 1 N–H and O–H groups in total. The first-order valence-corrected chi connectivity index (χ1v) is 5.71. The van der Waals surface area contributed by atoms with Crippen LogP contribution in [0.25, 0.3) is 0 Å². The van der Waals surface area contributed by atoms with Crippen LogP contribution in [0.15, 0.2) is 48.5 Å². The Labute approximate surface area is 102 Å². The molecule has 0 aliphatic heterocycles. The maximum Gasteiger partial charge on any atom is 0.115 e. The van der Waals surface area contributed by atoms with Gasteiger partial charge in [0, 0.05) is 19.3 Å². The second-order valence-corrected chi connectivity index (χ2v) is 4.36. The zero-order valence-electron chi connectivity index (χ0n) is 10.2. The number of aromatic hydroxyl groups is 1. The zero-order valence-corrected chi connectivity index (χ0v) is 10.2. The van der Waals surface area contributed by atoms with Gasteiger partial charge < -0.3 is 10.0 Å². The van der Waals surface area contributed by atoms with Gasteiger partial charge in [-0.2, -0.15) is 0 Å². The van der Waals surface area contributed by atoms with Crippen molar-refractivity contribution in [3.05, 3.63) is 59.7 Å². The Morgan fingerprint density at radius 2 is 1.53 bits per heavy atom. The fourth-order valence-corrected chi connectivity index (χ4v) is 1.77. The summed E-state index contributed by atoms with van der Waals surface area (Å²) in [7, 11) is 2.07. The van der Waals surface area contributed by atoms with E-state index in [4.69, 9.17) is 0 Å². The van der Waals surface area contributed by atoms with Gasteiger partial charge in [-0.15, -0.1) is 0 Å². The van der Waals surface area contributed by atoms with Crippen molar-refractivity contribution in [1.29, 1.82) is 0 Å². The van der Waals surface area contributed by atoms with Crippen LogP contribution in [-0.4, -0.2) is 12.2 Å². The van der Waals surface area contributed by atoms with E-state index in [2.05, 4.69) is 43.1 Å². The fraction of sp³-hybridized carbons (Fsp3) is 0.200. The van der Waals surface area contributed by atoms with E-state index < -0.39 is 0 Å². The average Bonchev–Trinajstić information content (AvgIpc) is 2.33. The predicted molar refractivity (Wildman–Crippen MR) is 71.4 cm³/mol. The molecule has 88 valence electrons. The van der Waals surface area contributed by atoms with Gasteiger partial charge in [-0.25, -0.2) is 0 Å². The minimum Gasteiger partial charge on any atom is -0.508 e. The van der Waals surface area contributed by atoms with E-state index in [9.17, 15) is 5.11 Å². The van der Waals surface area contributed by atoms with Gasteiger partial charge in [0.05, 0.1) is 0 Å². The molecule has 2 aromatic carbocycles. The molecule has 0 unspecified atom stereocenters. The van der Waals surface area contributed by atoms with Crippen LogP contribution in [0.4, 0.5) is 5.69 Å². The van der Waals surface area contributed by atoms with Crippen LogP contribution in [0.5, 0.6) is 5.75 Å². The van der Waals surface area contributed by atoms with E-state index in [1.807, 2.05) is 12.1 Å². The van der Waals surface area contributed by atoms with Crippen molar-refractivity contribution in [2.45, 2.75) is 13.5 Å². The van der Waals surface area contributed by atoms with Crippen LogP contribution in [0.2, 0.25) is 0 Å². The fourth-order valence-electron chi connectivity index (χ4n) is 1.77. The summed E-state index contributed by atoms with van der Waals surface area (Å²) < 4.78 is 0. The van der Waals surface area contributed by atoms with Gasteiger partial charge in [0.1, 0.15) is 5.75 Å². The lowest BCUT2D eigenvalue weighted by Gasteiger charge is -2.19. The molecule has 2 nitrogen and oxygen atoms in total. The van der Waals surface area contributed by atoms with Gasteiger partial charge in [0.25, 0.3) is 0 Å². The number of aryl methyl sites for hydroxylation is 1. The van der Waals surface area contributed by atoms with Crippen molar-refractivity contribution in [2.24, 2.45) is 0 Å². The van der Waals surface area contributed by atoms with Crippen molar-refractivity contribution in [3.63, 3.8) is 0 Å². The van der Waals surface area contributed by atoms with E-state index in [1.165, 1.54) is 16.8 Å². The van der Waals surface area contributed by atoms with Crippen LogP contribution in [0.3, 0.4) is 0 Å². The molecule has 0 saturated heterocycles.